The van der Waals surface area contributed by atoms with Gasteiger partial charge in [0, 0.05) is 11.9 Å². The van der Waals surface area contributed by atoms with Gasteiger partial charge in [-0.2, -0.15) is 0 Å². The number of nitrogens with zero attached hydrogens (tertiary/aromatic N) is 1. The first-order valence-corrected chi connectivity index (χ1v) is 9.51. The van der Waals surface area contributed by atoms with E-state index in [0.717, 1.165) is 23.8 Å². The second-order valence-electron chi connectivity index (χ2n) is 6.84. The number of pyridine rings is 1. The van der Waals surface area contributed by atoms with E-state index >= 15 is 0 Å². The number of carbonyl (C=O) groups is 2. The molecule has 0 saturated heterocycles. The summed E-state index contributed by atoms with van der Waals surface area (Å²) in [5.74, 6) is -2.61. The molecule has 160 valence electrons. The van der Waals surface area contributed by atoms with Crippen molar-refractivity contribution in [2.75, 3.05) is 5.32 Å². The van der Waals surface area contributed by atoms with E-state index < -0.39 is 29.1 Å². The summed E-state index contributed by atoms with van der Waals surface area (Å²) in [5.41, 5.74) is 1.71. The maximum absolute atomic E-state index is 13.7. The molecule has 9 heteroatoms. The number of nitrogens with one attached hydrogen (secondary N) is 2. The molecule has 0 spiro atoms. The molecule has 2 aromatic carbocycles. The largest absolute Gasteiger partial charge is 0.437 e. The number of amides is 3. The summed E-state index contributed by atoms with van der Waals surface area (Å²) in [7, 11) is 0. The second-order valence-corrected chi connectivity index (χ2v) is 7.25. The lowest BCUT2D eigenvalue weighted by molar-refractivity contribution is 0.0959. The summed E-state index contributed by atoms with van der Waals surface area (Å²) in [4.78, 5) is 28.4. The minimum Gasteiger partial charge on any atom is -0.437 e. The number of urea groups is 1. The lowest BCUT2D eigenvalue weighted by atomic mass is 10.1. The molecule has 31 heavy (non-hydrogen) atoms. The van der Waals surface area contributed by atoms with Crippen molar-refractivity contribution in [2.24, 2.45) is 0 Å². The molecule has 3 aromatic rings. The number of halogens is 3. The predicted octanol–water partition coefficient (Wildman–Crippen LogP) is 5.69. The van der Waals surface area contributed by atoms with Crippen molar-refractivity contribution in [3.8, 4) is 11.6 Å². The highest BCUT2D eigenvalue weighted by Gasteiger charge is 2.20. The van der Waals surface area contributed by atoms with E-state index in [2.05, 4.69) is 10.3 Å². The number of benzene rings is 2. The quantitative estimate of drug-likeness (QED) is 0.540. The van der Waals surface area contributed by atoms with Crippen molar-refractivity contribution in [2.45, 2.75) is 20.8 Å². The fraction of sp³-hybridized carbons (Fsp3) is 0.136. The number of anilines is 1. The smallest absolute Gasteiger partial charge is 0.326 e. The number of ether oxygens (including phenoxy) is 1. The van der Waals surface area contributed by atoms with Crippen LogP contribution in [0.1, 0.15) is 27.0 Å². The first kappa shape index (κ1) is 22.2. The van der Waals surface area contributed by atoms with E-state index in [0.29, 0.717) is 27.6 Å². The van der Waals surface area contributed by atoms with Crippen LogP contribution in [-0.2, 0) is 0 Å². The van der Waals surface area contributed by atoms with E-state index in [-0.39, 0.29) is 5.88 Å². The molecular formula is C22H18ClF2N3O3. The fourth-order valence-electron chi connectivity index (χ4n) is 2.77. The number of imide groups is 1. The molecule has 0 unspecified atom stereocenters. The first-order chi connectivity index (χ1) is 14.7. The van der Waals surface area contributed by atoms with E-state index in [1.165, 1.54) is 0 Å². The minimum absolute atomic E-state index is 0.241. The normalized spacial score (nSPS) is 10.5. The first-order valence-electron chi connectivity index (χ1n) is 9.13. The number of carbonyl (C=O) groups excluding carboxylic acids is 2. The Bertz CT molecular complexity index is 1160. The summed E-state index contributed by atoms with van der Waals surface area (Å²) in [6, 6.07) is 7.06. The van der Waals surface area contributed by atoms with Crippen molar-refractivity contribution < 1.29 is 23.1 Å². The molecule has 0 aliphatic heterocycles. The molecular weight excluding hydrogens is 428 g/mol. The molecule has 0 radical (unpaired) electrons. The molecule has 0 aliphatic carbocycles. The molecule has 1 aromatic heterocycles. The predicted molar refractivity (Wildman–Crippen MR) is 113 cm³/mol. The van der Waals surface area contributed by atoms with Crippen LogP contribution in [0.4, 0.5) is 19.3 Å². The van der Waals surface area contributed by atoms with Gasteiger partial charge in [-0.25, -0.2) is 18.6 Å². The Morgan fingerprint density at radius 1 is 1.03 bits per heavy atom. The average Bonchev–Trinajstić information content (AvgIpc) is 2.67. The van der Waals surface area contributed by atoms with E-state index in [9.17, 15) is 18.4 Å². The Balaban J connectivity index is 1.74. The Hall–Kier alpha value is -3.52. The maximum Gasteiger partial charge on any atom is 0.326 e. The molecule has 0 atom stereocenters. The molecule has 3 rings (SSSR count). The zero-order chi connectivity index (χ0) is 22.7. The lowest BCUT2D eigenvalue weighted by Crippen LogP contribution is -2.35. The number of rotatable bonds is 4. The lowest BCUT2D eigenvalue weighted by Gasteiger charge is -2.14. The van der Waals surface area contributed by atoms with Crippen molar-refractivity contribution in [1.82, 2.24) is 10.3 Å². The summed E-state index contributed by atoms with van der Waals surface area (Å²) in [6.45, 7) is 5.32. The minimum atomic E-state index is -1.19. The van der Waals surface area contributed by atoms with E-state index in [1.54, 1.807) is 38.2 Å². The van der Waals surface area contributed by atoms with Gasteiger partial charge in [-0.3, -0.25) is 10.1 Å². The molecule has 0 aliphatic rings. The van der Waals surface area contributed by atoms with Crippen molar-refractivity contribution >= 4 is 29.2 Å². The van der Waals surface area contributed by atoms with Gasteiger partial charge >= 0.3 is 6.03 Å². The molecule has 2 N–H and O–H groups in total. The van der Waals surface area contributed by atoms with Crippen LogP contribution in [0.5, 0.6) is 11.6 Å². The van der Waals surface area contributed by atoms with Crippen LogP contribution in [0.3, 0.4) is 0 Å². The maximum atomic E-state index is 13.7. The van der Waals surface area contributed by atoms with Gasteiger partial charge in [0.25, 0.3) is 5.91 Å². The van der Waals surface area contributed by atoms with Gasteiger partial charge in [0.2, 0.25) is 5.88 Å². The molecule has 0 bridgehead atoms. The van der Waals surface area contributed by atoms with Crippen LogP contribution in [0, 0.1) is 32.4 Å². The Morgan fingerprint density at radius 2 is 1.71 bits per heavy atom. The zero-order valence-corrected chi connectivity index (χ0v) is 17.6. The number of aryl methyl sites for hydroxylation is 3. The van der Waals surface area contributed by atoms with Crippen LogP contribution in [0.2, 0.25) is 5.02 Å². The number of hydrogen-bond acceptors (Lipinski definition) is 4. The standard InChI is InChI=1S/C22H18ClF2N3O3/c1-11-7-14(23)21(26-10-11)31-18-9-12(2)17(8-13(18)3)27-22(30)28-20(29)19-15(24)5-4-6-16(19)25/h4-10H,1-3H3,(H2,27,28,29,30). The van der Waals surface area contributed by atoms with E-state index in [4.69, 9.17) is 16.3 Å². The Kier molecular flexibility index (Phi) is 6.50. The van der Waals surface area contributed by atoms with Crippen LogP contribution in [0.25, 0.3) is 0 Å². The monoisotopic (exact) mass is 445 g/mol. The van der Waals surface area contributed by atoms with Crippen molar-refractivity contribution in [1.29, 1.82) is 0 Å². The molecule has 3 amide bonds. The third kappa shape index (κ3) is 5.16. The third-order valence-corrected chi connectivity index (χ3v) is 4.61. The zero-order valence-electron chi connectivity index (χ0n) is 16.8. The van der Waals surface area contributed by atoms with Crippen LogP contribution < -0.4 is 15.4 Å². The summed E-state index contributed by atoms with van der Waals surface area (Å²) >= 11 is 6.15. The topological polar surface area (TPSA) is 80.3 Å². The number of aromatic nitrogens is 1. The molecule has 0 saturated carbocycles. The Labute approximate surface area is 182 Å². The highest BCUT2D eigenvalue weighted by molar-refractivity contribution is 6.31. The summed E-state index contributed by atoms with van der Waals surface area (Å²) in [5, 5.41) is 4.76. The number of hydrogen-bond donors (Lipinski definition) is 2. The molecule has 0 fully saturated rings. The third-order valence-electron chi connectivity index (χ3n) is 4.34. The average molecular weight is 446 g/mol. The van der Waals surface area contributed by atoms with Crippen LogP contribution >= 0.6 is 11.6 Å². The summed E-state index contributed by atoms with van der Waals surface area (Å²) in [6.07, 6.45) is 1.62. The van der Waals surface area contributed by atoms with Crippen molar-refractivity contribution in [3.63, 3.8) is 0 Å². The van der Waals surface area contributed by atoms with Gasteiger partial charge in [-0.15, -0.1) is 0 Å². The second kappa shape index (κ2) is 9.09. The fourth-order valence-corrected chi connectivity index (χ4v) is 3.03. The van der Waals surface area contributed by atoms with Crippen molar-refractivity contribution in [3.05, 3.63) is 81.5 Å². The molecule has 6 nitrogen and oxygen atoms in total. The van der Waals surface area contributed by atoms with Gasteiger partial charge in [0.05, 0.1) is 0 Å². The molecule has 1 heterocycles. The highest BCUT2D eigenvalue weighted by Crippen LogP contribution is 2.32. The summed E-state index contributed by atoms with van der Waals surface area (Å²) < 4.78 is 33.2. The van der Waals surface area contributed by atoms with Gasteiger partial charge in [-0.05, 0) is 67.8 Å². The van der Waals surface area contributed by atoms with Gasteiger partial charge in [0.15, 0.2) is 0 Å². The van der Waals surface area contributed by atoms with Gasteiger partial charge < -0.3 is 10.1 Å². The van der Waals surface area contributed by atoms with E-state index in [1.807, 2.05) is 12.2 Å². The van der Waals surface area contributed by atoms with Gasteiger partial charge in [-0.1, -0.05) is 17.7 Å². The van der Waals surface area contributed by atoms with Crippen LogP contribution in [0.15, 0.2) is 42.6 Å². The van der Waals surface area contributed by atoms with Gasteiger partial charge in [0.1, 0.15) is 28.0 Å². The SMILES string of the molecule is Cc1cnc(Oc2cc(C)c(NC(=O)NC(=O)c3c(F)cccc3F)cc2C)c(Cl)c1. The highest BCUT2D eigenvalue weighted by atomic mass is 35.5. The van der Waals surface area contributed by atoms with Crippen LogP contribution in [-0.4, -0.2) is 16.9 Å². The Morgan fingerprint density at radius 3 is 2.35 bits per heavy atom.